The third kappa shape index (κ3) is 3.30. The van der Waals surface area contributed by atoms with Crippen molar-refractivity contribution in [2.75, 3.05) is 5.73 Å². The highest BCUT2D eigenvalue weighted by Crippen LogP contribution is 2.27. The topological polar surface area (TPSA) is 38.9 Å². The van der Waals surface area contributed by atoms with E-state index in [1.54, 1.807) is 11.3 Å². The lowest BCUT2D eigenvalue weighted by Crippen LogP contribution is -2.08. The molecule has 90 valence electrons. The van der Waals surface area contributed by atoms with Crippen molar-refractivity contribution in [1.82, 2.24) is 4.98 Å². The van der Waals surface area contributed by atoms with Crippen molar-refractivity contribution in [3.05, 3.63) is 34.7 Å². The zero-order chi connectivity index (χ0) is 12.5. The number of nitrogens with two attached hydrogens (primary N) is 1. The molecule has 0 aliphatic carbocycles. The van der Waals surface area contributed by atoms with Crippen LogP contribution in [0.3, 0.4) is 0 Å². The Morgan fingerprint density at radius 1 is 1.18 bits per heavy atom. The summed E-state index contributed by atoms with van der Waals surface area (Å²) in [5.74, 6) is 0. The molecule has 0 fully saturated rings. The van der Waals surface area contributed by atoms with E-state index in [4.69, 9.17) is 5.73 Å². The Balaban J connectivity index is 2.21. The smallest absolute Gasteiger partial charge is 0.0937 e. The van der Waals surface area contributed by atoms with Gasteiger partial charge in [-0.05, 0) is 17.5 Å². The Morgan fingerprint density at radius 3 is 2.41 bits per heavy atom. The number of nitrogen functional groups attached to an aromatic ring is 1. The fraction of sp³-hybridized carbons (Fsp3) is 0.357. The van der Waals surface area contributed by atoms with Crippen molar-refractivity contribution in [3.8, 4) is 11.3 Å². The lowest BCUT2D eigenvalue weighted by Gasteiger charge is -2.15. The lowest BCUT2D eigenvalue weighted by molar-refractivity contribution is 0.410. The molecule has 3 heteroatoms. The summed E-state index contributed by atoms with van der Waals surface area (Å²) in [6.45, 7) is 6.70. The van der Waals surface area contributed by atoms with Crippen LogP contribution in [0.25, 0.3) is 11.3 Å². The van der Waals surface area contributed by atoms with Crippen LogP contribution < -0.4 is 5.73 Å². The van der Waals surface area contributed by atoms with E-state index in [9.17, 15) is 0 Å². The fourth-order valence-corrected chi connectivity index (χ4v) is 2.74. The Hall–Kier alpha value is -1.35. The first-order valence-electron chi connectivity index (χ1n) is 5.74. The summed E-state index contributed by atoms with van der Waals surface area (Å²) < 4.78 is 0. The van der Waals surface area contributed by atoms with E-state index in [1.807, 2.05) is 24.3 Å². The molecule has 1 aromatic heterocycles. The first-order valence-corrected chi connectivity index (χ1v) is 6.62. The van der Waals surface area contributed by atoms with Crippen molar-refractivity contribution >= 4 is 17.0 Å². The minimum atomic E-state index is 0.288. The van der Waals surface area contributed by atoms with Gasteiger partial charge in [0.1, 0.15) is 0 Å². The van der Waals surface area contributed by atoms with Gasteiger partial charge in [-0.1, -0.05) is 32.9 Å². The summed E-state index contributed by atoms with van der Waals surface area (Å²) in [6, 6.07) is 7.87. The van der Waals surface area contributed by atoms with Crippen molar-refractivity contribution in [2.45, 2.75) is 27.2 Å². The van der Waals surface area contributed by atoms with E-state index < -0.39 is 0 Å². The quantitative estimate of drug-likeness (QED) is 0.814. The molecule has 1 aromatic carbocycles. The SMILES string of the molecule is CC(C)(C)Cc1nc(-c2ccc(N)cc2)cs1. The summed E-state index contributed by atoms with van der Waals surface area (Å²) in [5.41, 5.74) is 8.94. The minimum absolute atomic E-state index is 0.288. The summed E-state index contributed by atoms with van der Waals surface area (Å²) in [6.07, 6.45) is 1.02. The van der Waals surface area contributed by atoms with Crippen LogP contribution in [0.15, 0.2) is 29.6 Å². The molecule has 0 spiro atoms. The lowest BCUT2D eigenvalue weighted by atomic mass is 9.93. The fourth-order valence-electron chi connectivity index (χ4n) is 1.63. The second kappa shape index (κ2) is 4.49. The van der Waals surface area contributed by atoms with Gasteiger partial charge in [-0.3, -0.25) is 0 Å². The third-order valence-electron chi connectivity index (χ3n) is 2.44. The largest absolute Gasteiger partial charge is 0.399 e. The number of rotatable bonds is 2. The molecule has 0 unspecified atom stereocenters. The molecule has 2 N–H and O–H groups in total. The Labute approximate surface area is 107 Å². The number of nitrogens with zero attached hydrogens (tertiary/aromatic N) is 1. The van der Waals surface area contributed by atoms with Gasteiger partial charge < -0.3 is 5.73 Å². The highest BCUT2D eigenvalue weighted by molar-refractivity contribution is 7.09. The van der Waals surface area contributed by atoms with Gasteiger partial charge >= 0.3 is 0 Å². The van der Waals surface area contributed by atoms with Crippen LogP contribution in [-0.4, -0.2) is 4.98 Å². The molecule has 0 radical (unpaired) electrons. The third-order valence-corrected chi connectivity index (χ3v) is 3.29. The van der Waals surface area contributed by atoms with Crippen LogP contribution >= 0.6 is 11.3 Å². The Morgan fingerprint density at radius 2 is 1.82 bits per heavy atom. The monoisotopic (exact) mass is 246 g/mol. The molecule has 0 saturated carbocycles. The van der Waals surface area contributed by atoms with Crippen LogP contribution in [0.1, 0.15) is 25.8 Å². The number of anilines is 1. The van der Waals surface area contributed by atoms with Gasteiger partial charge in [0.2, 0.25) is 0 Å². The first-order chi connectivity index (χ1) is 7.94. The summed E-state index contributed by atoms with van der Waals surface area (Å²) >= 11 is 1.73. The van der Waals surface area contributed by atoms with Crippen molar-refractivity contribution in [1.29, 1.82) is 0 Å². The van der Waals surface area contributed by atoms with Crippen molar-refractivity contribution in [2.24, 2.45) is 5.41 Å². The normalized spacial score (nSPS) is 11.7. The molecule has 0 bridgehead atoms. The Bertz CT molecular complexity index is 492. The Kier molecular flexibility index (Phi) is 3.20. The van der Waals surface area contributed by atoms with E-state index in [1.165, 1.54) is 5.01 Å². The van der Waals surface area contributed by atoms with Gasteiger partial charge in [0.25, 0.3) is 0 Å². The van der Waals surface area contributed by atoms with Gasteiger partial charge in [0.15, 0.2) is 0 Å². The highest BCUT2D eigenvalue weighted by atomic mass is 32.1. The molecule has 0 aliphatic heterocycles. The summed E-state index contributed by atoms with van der Waals surface area (Å²) in [7, 11) is 0. The van der Waals surface area contributed by atoms with Gasteiger partial charge in [0, 0.05) is 23.1 Å². The van der Waals surface area contributed by atoms with Gasteiger partial charge in [-0.2, -0.15) is 0 Å². The van der Waals surface area contributed by atoms with Gasteiger partial charge in [-0.15, -0.1) is 11.3 Å². The molecule has 2 rings (SSSR count). The molecule has 0 atom stereocenters. The molecular formula is C14H18N2S. The highest BCUT2D eigenvalue weighted by Gasteiger charge is 2.14. The number of benzene rings is 1. The number of thiazole rings is 1. The van der Waals surface area contributed by atoms with Crippen LogP contribution in [0.4, 0.5) is 5.69 Å². The second-order valence-corrected chi connectivity index (χ2v) is 6.43. The predicted molar refractivity (Wildman–Crippen MR) is 75.1 cm³/mol. The molecule has 0 aliphatic rings. The molecule has 0 amide bonds. The van der Waals surface area contributed by atoms with E-state index in [0.717, 1.165) is 23.4 Å². The first kappa shape index (κ1) is 12.1. The molecule has 0 saturated heterocycles. The van der Waals surface area contributed by atoms with E-state index in [2.05, 4.69) is 31.1 Å². The zero-order valence-electron chi connectivity index (χ0n) is 10.5. The average molecular weight is 246 g/mol. The van der Waals surface area contributed by atoms with Crippen LogP contribution in [0.2, 0.25) is 0 Å². The van der Waals surface area contributed by atoms with E-state index in [0.29, 0.717) is 0 Å². The maximum atomic E-state index is 5.68. The average Bonchev–Trinajstić information content (AvgIpc) is 2.64. The number of hydrogen-bond donors (Lipinski definition) is 1. The number of aromatic nitrogens is 1. The summed E-state index contributed by atoms with van der Waals surface area (Å²) in [4.78, 5) is 4.67. The predicted octanol–water partition coefficient (Wildman–Crippen LogP) is 3.98. The zero-order valence-corrected chi connectivity index (χ0v) is 11.3. The molecule has 2 nitrogen and oxygen atoms in total. The van der Waals surface area contributed by atoms with E-state index in [-0.39, 0.29) is 5.41 Å². The van der Waals surface area contributed by atoms with Gasteiger partial charge in [0.05, 0.1) is 10.7 Å². The van der Waals surface area contributed by atoms with Crippen LogP contribution in [-0.2, 0) is 6.42 Å². The maximum Gasteiger partial charge on any atom is 0.0937 e. The van der Waals surface area contributed by atoms with Crippen LogP contribution in [0.5, 0.6) is 0 Å². The van der Waals surface area contributed by atoms with Crippen molar-refractivity contribution in [3.63, 3.8) is 0 Å². The van der Waals surface area contributed by atoms with Crippen LogP contribution in [0, 0.1) is 5.41 Å². The second-order valence-electron chi connectivity index (χ2n) is 5.49. The maximum absolute atomic E-state index is 5.68. The summed E-state index contributed by atoms with van der Waals surface area (Å²) in [5, 5.41) is 3.32. The van der Waals surface area contributed by atoms with Gasteiger partial charge in [-0.25, -0.2) is 4.98 Å². The standard InChI is InChI=1S/C14H18N2S/c1-14(2,3)8-13-16-12(9-17-13)10-4-6-11(15)7-5-10/h4-7,9H,8,15H2,1-3H3. The molecule has 17 heavy (non-hydrogen) atoms. The van der Waals surface area contributed by atoms with E-state index >= 15 is 0 Å². The molecular weight excluding hydrogens is 228 g/mol. The number of hydrogen-bond acceptors (Lipinski definition) is 3. The molecule has 1 heterocycles. The molecule has 2 aromatic rings. The van der Waals surface area contributed by atoms with Crippen molar-refractivity contribution < 1.29 is 0 Å². The minimum Gasteiger partial charge on any atom is -0.399 e.